The molecule has 1 aromatic heterocycles. The van der Waals surface area contributed by atoms with Crippen LogP contribution in [0, 0.1) is 0 Å². The lowest BCUT2D eigenvalue weighted by Crippen LogP contribution is -2.40. The van der Waals surface area contributed by atoms with Crippen LogP contribution in [-0.4, -0.2) is 48.8 Å². The molecule has 2 amide bonds. The van der Waals surface area contributed by atoms with E-state index < -0.39 is 0 Å². The second kappa shape index (κ2) is 5.72. The number of likely N-dealkylation sites (N-methyl/N-ethyl adjacent to an activating group) is 2. The summed E-state index contributed by atoms with van der Waals surface area (Å²) in [6, 6.07) is 1.49. The lowest BCUT2D eigenvalue weighted by atomic mass is 10.3. The highest BCUT2D eigenvalue weighted by Gasteiger charge is 2.21. The summed E-state index contributed by atoms with van der Waals surface area (Å²) in [5, 5.41) is 0.0470. The first kappa shape index (κ1) is 13.6. The Labute approximate surface area is 105 Å². The van der Waals surface area contributed by atoms with Crippen molar-refractivity contribution >= 4 is 23.4 Å². The minimum atomic E-state index is -0.304. The summed E-state index contributed by atoms with van der Waals surface area (Å²) in [5.41, 5.74) is 0.278. The number of furan rings is 1. The molecule has 0 spiro atoms. The second-order valence-electron chi connectivity index (χ2n) is 3.72. The Morgan fingerprint density at radius 1 is 1.41 bits per heavy atom. The Balaban J connectivity index is 2.78. The molecule has 1 aromatic rings. The van der Waals surface area contributed by atoms with Crippen LogP contribution < -0.4 is 0 Å². The minimum absolute atomic E-state index is 0.0316. The van der Waals surface area contributed by atoms with Gasteiger partial charge in [0.2, 0.25) is 11.1 Å². The first-order chi connectivity index (χ1) is 7.97. The van der Waals surface area contributed by atoms with Crippen LogP contribution in [0.1, 0.15) is 17.3 Å². The first-order valence-corrected chi connectivity index (χ1v) is 5.57. The molecule has 17 heavy (non-hydrogen) atoms. The molecular formula is C11H15ClN2O3. The van der Waals surface area contributed by atoms with E-state index in [1.54, 1.807) is 21.0 Å². The molecule has 94 valence electrons. The third kappa shape index (κ3) is 3.23. The molecule has 0 bridgehead atoms. The predicted octanol–water partition coefficient (Wildman–Crippen LogP) is 1.48. The number of amides is 2. The van der Waals surface area contributed by atoms with Crippen molar-refractivity contribution in [3.8, 4) is 0 Å². The van der Waals surface area contributed by atoms with E-state index in [0.29, 0.717) is 6.54 Å². The summed E-state index contributed by atoms with van der Waals surface area (Å²) in [7, 11) is 3.29. The van der Waals surface area contributed by atoms with Gasteiger partial charge in [-0.25, -0.2) is 0 Å². The van der Waals surface area contributed by atoms with Gasteiger partial charge in [-0.3, -0.25) is 9.59 Å². The standard InChI is InChI=1S/C11H15ClN2O3/c1-4-14(7-9(15)13(2)3)11(16)8-5-6-17-10(8)12/h5-6H,4,7H2,1-3H3. The summed E-state index contributed by atoms with van der Waals surface area (Å²) in [4.78, 5) is 26.4. The Morgan fingerprint density at radius 2 is 2.06 bits per heavy atom. The SMILES string of the molecule is CCN(CC(=O)N(C)C)C(=O)c1ccoc1Cl. The van der Waals surface area contributed by atoms with Gasteiger partial charge in [0.25, 0.3) is 5.91 Å². The number of carbonyl (C=O) groups excluding carboxylic acids is 2. The van der Waals surface area contributed by atoms with Crippen molar-refractivity contribution in [3.05, 3.63) is 23.1 Å². The average molecular weight is 259 g/mol. The Morgan fingerprint density at radius 3 is 2.47 bits per heavy atom. The number of rotatable bonds is 4. The normalized spacial score (nSPS) is 10.1. The van der Waals surface area contributed by atoms with Crippen molar-refractivity contribution in [2.24, 2.45) is 0 Å². The van der Waals surface area contributed by atoms with Crippen LogP contribution in [0.15, 0.2) is 16.7 Å². The molecule has 0 radical (unpaired) electrons. The van der Waals surface area contributed by atoms with Gasteiger partial charge in [-0.05, 0) is 24.6 Å². The zero-order valence-corrected chi connectivity index (χ0v) is 10.8. The quantitative estimate of drug-likeness (QED) is 0.822. The van der Waals surface area contributed by atoms with E-state index >= 15 is 0 Å². The van der Waals surface area contributed by atoms with Gasteiger partial charge in [-0.1, -0.05) is 0 Å². The lowest BCUT2D eigenvalue weighted by Gasteiger charge is -2.21. The topological polar surface area (TPSA) is 53.8 Å². The van der Waals surface area contributed by atoms with Crippen LogP contribution in [0.25, 0.3) is 0 Å². The molecule has 5 nitrogen and oxygen atoms in total. The zero-order valence-electron chi connectivity index (χ0n) is 10.1. The van der Waals surface area contributed by atoms with Gasteiger partial charge < -0.3 is 14.2 Å². The largest absolute Gasteiger partial charge is 0.452 e. The molecule has 1 rings (SSSR count). The van der Waals surface area contributed by atoms with Gasteiger partial charge >= 0.3 is 0 Å². The highest BCUT2D eigenvalue weighted by molar-refractivity contribution is 6.32. The number of halogens is 1. The Kier molecular flexibility index (Phi) is 4.57. The zero-order chi connectivity index (χ0) is 13.0. The fourth-order valence-electron chi connectivity index (χ4n) is 1.25. The van der Waals surface area contributed by atoms with Crippen LogP contribution in [0.4, 0.5) is 0 Å². The van der Waals surface area contributed by atoms with Crippen molar-refractivity contribution in [3.63, 3.8) is 0 Å². The molecule has 0 aliphatic heterocycles. The Hall–Kier alpha value is -1.49. The molecule has 0 saturated carbocycles. The lowest BCUT2D eigenvalue weighted by molar-refractivity contribution is -0.129. The molecule has 6 heteroatoms. The molecule has 0 aliphatic rings. The molecular weight excluding hydrogens is 244 g/mol. The number of hydrogen-bond donors (Lipinski definition) is 0. The summed E-state index contributed by atoms with van der Waals surface area (Å²) in [5.74, 6) is -0.443. The molecule has 1 heterocycles. The van der Waals surface area contributed by atoms with Crippen molar-refractivity contribution in [1.82, 2.24) is 9.80 Å². The molecule has 0 N–H and O–H groups in total. The van der Waals surface area contributed by atoms with E-state index in [0.717, 1.165) is 0 Å². The van der Waals surface area contributed by atoms with E-state index in [4.69, 9.17) is 16.0 Å². The third-order valence-electron chi connectivity index (χ3n) is 2.34. The summed E-state index contributed by atoms with van der Waals surface area (Å²) >= 11 is 5.73. The molecule has 0 atom stereocenters. The van der Waals surface area contributed by atoms with Crippen molar-refractivity contribution in [2.45, 2.75) is 6.92 Å². The van der Waals surface area contributed by atoms with Crippen LogP contribution in [0.3, 0.4) is 0 Å². The van der Waals surface area contributed by atoms with Crippen molar-refractivity contribution < 1.29 is 14.0 Å². The van der Waals surface area contributed by atoms with E-state index in [-0.39, 0.29) is 29.1 Å². The van der Waals surface area contributed by atoms with Crippen LogP contribution >= 0.6 is 11.6 Å². The Bertz CT molecular complexity index is 415. The smallest absolute Gasteiger partial charge is 0.259 e. The number of carbonyl (C=O) groups is 2. The van der Waals surface area contributed by atoms with E-state index in [9.17, 15) is 9.59 Å². The van der Waals surface area contributed by atoms with Crippen LogP contribution in [0.5, 0.6) is 0 Å². The molecule has 0 aliphatic carbocycles. The fraction of sp³-hybridized carbons (Fsp3) is 0.455. The van der Waals surface area contributed by atoms with Gasteiger partial charge in [-0.2, -0.15) is 0 Å². The first-order valence-electron chi connectivity index (χ1n) is 5.19. The van der Waals surface area contributed by atoms with E-state index in [1.807, 2.05) is 0 Å². The molecule has 0 saturated heterocycles. The molecule has 0 aromatic carbocycles. The average Bonchev–Trinajstić information content (AvgIpc) is 2.70. The van der Waals surface area contributed by atoms with Crippen molar-refractivity contribution in [1.29, 1.82) is 0 Å². The highest BCUT2D eigenvalue weighted by Crippen LogP contribution is 2.18. The minimum Gasteiger partial charge on any atom is -0.452 e. The predicted molar refractivity (Wildman–Crippen MR) is 64.0 cm³/mol. The maximum Gasteiger partial charge on any atom is 0.259 e. The number of hydrogen-bond acceptors (Lipinski definition) is 3. The summed E-state index contributed by atoms with van der Waals surface area (Å²) < 4.78 is 4.86. The third-order valence-corrected chi connectivity index (χ3v) is 2.63. The van der Waals surface area contributed by atoms with Gasteiger partial charge in [0.15, 0.2) is 0 Å². The maximum absolute atomic E-state index is 12.0. The molecule has 0 unspecified atom stereocenters. The van der Waals surface area contributed by atoms with E-state index in [2.05, 4.69) is 0 Å². The second-order valence-corrected chi connectivity index (χ2v) is 4.06. The van der Waals surface area contributed by atoms with Crippen molar-refractivity contribution in [2.75, 3.05) is 27.2 Å². The molecule has 0 fully saturated rings. The van der Waals surface area contributed by atoms with Gasteiger partial charge in [-0.15, -0.1) is 0 Å². The summed E-state index contributed by atoms with van der Waals surface area (Å²) in [6.07, 6.45) is 1.34. The summed E-state index contributed by atoms with van der Waals surface area (Å²) in [6.45, 7) is 2.26. The van der Waals surface area contributed by atoms with Crippen LogP contribution in [0.2, 0.25) is 5.22 Å². The van der Waals surface area contributed by atoms with Crippen LogP contribution in [-0.2, 0) is 4.79 Å². The van der Waals surface area contributed by atoms with Gasteiger partial charge in [0, 0.05) is 20.6 Å². The maximum atomic E-state index is 12.0. The van der Waals surface area contributed by atoms with E-state index in [1.165, 1.54) is 22.1 Å². The highest BCUT2D eigenvalue weighted by atomic mass is 35.5. The monoisotopic (exact) mass is 258 g/mol. The van der Waals surface area contributed by atoms with Gasteiger partial charge in [0.1, 0.15) is 0 Å². The number of nitrogens with zero attached hydrogens (tertiary/aromatic N) is 2. The fourth-order valence-corrected chi connectivity index (χ4v) is 1.44. The van der Waals surface area contributed by atoms with Gasteiger partial charge in [0.05, 0.1) is 18.4 Å².